The van der Waals surface area contributed by atoms with Crippen LogP contribution in [-0.2, 0) is 10.0 Å². The molecule has 1 N–H and O–H groups in total. The van der Waals surface area contributed by atoms with Crippen LogP contribution in [0.3, 0.4) is 0 Å². The van der Waals surface area contributed by atoms with E-state index in [0.717, 1.165) is 25.7 Å². The average Bonchev–Trinajstić information content (AvgIpc) is 2.32. The van der Waals surface area contributed by atoms with Crippen LogP contribution in [0.5, 0.6) is 0 Å². The standard InChI is InChI=1S/C13H19ClN2O2S/c1-13(2)8-4-3-5-11(13)16-19(17,18)10-6-7-12(14)15-9-10/h6-7,9,11,16H,3-5,8H2,1-2H3. The van der Waals surface area contributed by atoms with Crippen LogP contribution >= 0.6 is 11.6 Å². The zero-order valence-corrected chi connectivity index (χ0v) is 12.8. The van der Waals surface area contributed by atoms with Crippen molar-refractivity contribution in [2.75, 3.05) is 0 Å². The molecule has 0 aromatic carbocycles. The molecule has 19 heavy (non-hydrogen) atoms. The second-order valence-electron chi connectivity index (χ2n) is 5.72. The number of halogens is 1. The van der Waals surface area contributed by atoms with Crippen LogP contribution in [-0.4, -0.2) is 19.4 Å². The Labute approximate surface area is 119 Å². The van der Waals surface area contributed by atoms with Crippen LogP contribution in [0.1, 0.15) is 39.5 Å². The van der Waals surface area contributed by atoms with Crippen LogP contribution in [0.2, 0.25) is 5.15 Å². The fraction of sp³-hybridized carbons (Fsp3) is 0.615. The van der Waals surface area contributed by atoms with Gasteiger partial charge in [-0.25, -0.2) is 18.1 Å². The quantitative estimate of drug-likeness (QED) is 0.873. The zero-order valence-electron chi connectivity index (χ0n) is 11.2. The summed E-state index contributed by atoms with van der Waals surface area (Å²) in [5, 5.41) is 0.289. The van der Waals surface area contributed by atoms with Crippen molar-refractivity contribution in [3.8, 4) is 0 Å². The van der Waals surface area contributed by atoms with E-state index in [0.29, 0.717) is 0 Å². The largest absolute Gasteiger partial charge is 0.243 e. The van der Waals surface area contributed by atoms with Crippen LogP contribution < -0.4 is 4.72 Å². The molecule has 0 aliphatic heterocycles. The number of aromatic nitrogens is 1. The van der Waals surface area contributed by atoms with Gasteiger partial charge >= 0.3 is 0 Å². The molecule has 1 unspecified atom stereocenters. The Kier molecular flexibility index (Phi) is 4.18. The van der Waals surface area contributed by atoms with Gasteiger partial charge in [0, 0.05) is 12.2 Å². The van der Waals surface area contributed by atoms with E-state index < -0.39 is 10.0 Å². The van der Waals surface area contributed by atoms with Crippen molar-refractivity contribution in [3.63, 3.8) is 0 Å². The van der Waals surface area contributed by atoms with Gasteiger partial charge in [0.05, 0.1) is 0 Å². The Morgan fingerprint density at radius 1 is 1.37 bits per heavy atom. The Morgan fingerprint density at radius 2 is 2.11 bits per heavy atom. The molecule has 2 rings (SSSR count). The van der Waals surface area contributed by atoms with Crippen molar-refractivity contribution in [2.45, 2.75) is 50.5 Å². The highest BCUT2D eigenvalue weighted by Gasteiger charge is 2.35. The molecule has 0 radical (unpaired) electrons. The van der Waals surface area contributed by atoms with Crippen molar-refractivity contribution in [1.29, 1.82) is 0 Å². The average molecular weight is 303 g/mol. The third kappa shape index (κ3) is 3.46. The summed E-state index contributed by atoms with van der Waals surface area (Å²) in [5.41, 5.74) is -0.00876. The topological polar surface area (TPSA) is 59.1 Å². The Hall–Kier alpha value is -0.650. The normalized spacial score (nSPS) is 23.2. The molecule has 106 valence electrons. The zero-order chi connectivity index (χ0) is 14.1. The minimum absolute atomic E-state index is 0.00876. The van der Waals surface area contributed by atoms with Gasteiger partial charge in [0.2, 0.25) is 10.0 Å². The van der Waals surface area contributed by atoms with Crippen molar-refractivity contribution < 1.29 is 8.42 Å². The maximum atomic E-state index is 12.3. The number of hydrogen-bond acceptors (Lipinski definition) is 3. The molecule has 1 aromatic heterocycles. The summed E-state index contributed by atoms with van der Waals surface area (Å²) in [6.45, 7) is 4.22. The first-order chi connectivity index (χ1) is 8.81. The molecule has 1 aliphatic carbocycles. The molecule has 4 nitrogen and oxygen atoms in total. The summed E-state index contributed by atoms with van der Waals surface area (Å²) in [4.78, 5) is 3.99. The SMILES string of the molecule is CC1(C)CCCCC1NS(=O)(=O)c1ccc(Cl)nc1. The van der Waals surface area contributed by atoms with Gasteiger partial charge in [-0.05, 0) is 30.4 Å². The fourth-order valence-corrected chi connectivity index (χ4v) is 3.99. The summed E-state index contributed by atoms with van der Waals surface area (Å²) >= 11 is 5.67. The van der Waals surface area contributed by atoms with Gasteiger partial charge in [0.25, 0.3) is 0 Å². The molecule has 0 spiro atoms. The van der Waals surface area contributed by atoms with Gasteiger partial charge in [-0.15, -0.1) is 0 Å². The van der Waals surface area contributed by atoms with Gasteiger partial charge in [-0.1, -0.05) is 38.3 Å². The van der Waals surface area contributed by atoms with Crippen molar-refractivity contribution in [3.05, 3.63) is 23.5 Å². The van der Waals surface area contributed by atoms with Crippen molar-refractivity contribution in [1.82, 2.24) is 9.71 Å². The number of nitrogens with one attached hydrogen (secondary N) is 1. The van der Waals surface area contributed by atoms with Gasteiger partial charge in [-0.3, -0.25) is 0 Å². The number of pyridine rings is 1. The third-order valence-corrected chi connectivity index (χ3v) is 5.50. The first-order valence-electron chi connectivity index (χ1n) is 6.45. The molecule has 0 amide bonds. The Balaban J connectivity index is 2.19. The lowest BCUT2D eigenvalue weighted by atomic mass is 9.74. The lowest BCUT2D eigenvalue weighted by Gasteiger charge is -2.38. The van der Waals surface area contributed by atoms with Crippen molar-refractivity contribution >= 4 is 21.6 Å². The van der Waals surface area contributed by atoms with Gasteiger partial charge in [-0.2, -0.15) is 0 Å². The molecule has 1 atom stereocenters. The Morgan fingerprint density at radius 3 is 2.68 bits per heavy atom. The number of nitrogens with zero attached hydrogens (tertiary/aromatic N) is 1. The number of hydrogen-bond donors (Lipinski definition) is 1. The summed E-state index contributed by atoms with van der Waals surface area (Å²) in [5.74, 6) is 0. The molecular weight excluding hydrogens is 284 g/mol. The van der Waals surface area contributed by atoms with Gasteiger partial charge < -0.3 is 0 Å². The highest BCUT2D eigenvalue weighted by molar-refractivity contribution is 7.89. The smallest absolute Gasteiger partial charge is 0.242 e. The maximum Gasteiger partial charge on any atom is 0.242 e. The van der Waals surface area contributed by atoms with Gasteiger partial charge in [0.1, 0.15) is 10.0 Å². The van der Waals surface area contributed by atoms with E-state index in [4.69, 9.17) is 11.6 Å². The highest BCUT2D eigenvalue weighted by Crippen LogP contribution is 2.36. The minimum Gasteiger partial charge on any atom is -0.243 e. The summed E-state index contributed by atoms with van der Waals surface area (Å²) in [7, 11) is -3.52. The van der Waals surface area contributed by atoms with Crippen LogP contribution in [0, 0.1) is 5.41 Å². The maximum absolute atomic E-state index is 12.3. The third-order valence-electron chi connectivity index (χ3n) is 3.82. The molecule has 0 saturated heterocycles. The number of sulfonamides is 1. The molecule has 6 heteroatoms. The summed E-state index contributed by atoms with van der Waals surface area (Å²) in [6.07, 6.45) is 5.44. The van der Waals surface area contributed by atoms with Gasteiger partial charge in [0.15, 0.2) is 0 Å². The predicted octanol–water partition coefficient (Wildman–Crippen LogP) is 2.98. The predicted molar refractivity (Wildman–Crippen MR) is 75.6 cm³/mol. The molecular formula is C13H19ClN2O2S. The highest BCUT2D eigenvalue weighted by atomic mass is 35.5. The summed E-state index contributed by atoms with van der Waals surface area (Å²) < 4.78 is 27.4. The van der Waals surface area contributed by atoms with Crippen molar-refractivity contribution in [2.24, 2.45) is 5.41 Å². The second-order valence-corrected chi connectivity index (χ2v) is 7.83. The molecule has 1 aromatic rings. The lowest BCUT2D eigenvalue weighted by molar-refractivity contribution is 0.188. The minimum atomic E-state index is -3.52. The second kappa shape index (κ2) is 5.38. The first kappa shape index (κ1) is 14.8. The number of rotatable bonds is 3. The molecule has 1 saturated carbocycles. The molecule has 1 aliphatic rings. The van der Waals surface area contributed by atoms with E-state index in [1.807, 2.05) is 0 Å². The van der Waals surface area contributed by atoms with E-state index in [-0.39, 0.29) is 21.5 Å². The van der Waals surface area contributed by atoms with E-state index in [9.17, 15) is 8.42 Å². The summed E-state index contributed by atoms with van der Waals surface area (Å²) in [6, 6.07) is 2.94. The fourth-order valence-electron chi connectivity index (χ4n) is 2.49. The van der Waals surface area contributed by atoms with Crippen LogP contribution in [0.25, 0.3) is 0 Å². The first-order valence-corrected chi connectivity index (χ1v) is 8.31. The molecule has 1 heterocycles. The van der Waals surface area contributed by atoms with E-state index in [1.54, 1.807) is 0 Å². The van der Waals surface area contributed by atoms with Crippen LogP contribution in [0.4, 0.5) is 0 Å². The van der Waals surface area contributed by atoms with E-state index >= 15 is 0 Å². The molecule has 0 bridgehead atoms. The Bertz CT molecular complexity index is 540. The monoisotopic (exact) mass is 302 g/mol. The van der Waals surface area contributed by atoms with E-state index in [1.165, 1.54) is 18.3 Å². The lowest BCUT2D eigenvalue weighted by Crippen LogP contribution is -2.46. The van der Waals surface area contributed by atoms with Crippen LogP contribution in [0.15, 0.2) is 23.2 Å². The van der Waals surface area contributed by atoms with E-state index in [2.05, 4.69) is 23.6 Å². The molecule has 1 fully saturated rings.